The normalized spacial score (nSPS) is 12.9. The maximum absolute atomic E-state index is 10.9. The van der Waals surface area contributed by atoms with E-state index in [2.05, 4.69) is 33.4 Å². The Morgan fingerprint density at radius 3 is 2.53 bits per heavy atom. The van der Waals surface area contributed by atoms with Crippen LogP contribution in [0.2, 0.25) is 0 Å². The fraction of sp³-hybridized carbons (Fsp3) is 0.364. The lowest BCUT2D eigenvalue weighted by Crippen LogP contribution is -2.06. The number of amides is 1. The van der Waals surface area contributed by atoms with Crippen LogP contribution in [0.1, 0.15) is 24.5 Å². The smallest absolute Gasteiger partial charge is 0.221 e. The van der Waals surface area contributed by atoms with Gasteiger partial charge in [0.05, 0.1) is 5.69 Å². The van der Waals surface area contributed by atoms with Crippen LogP contribution in [-0.2, 0) is 17.6 Å². The van der Waals surface area contributed by atoms with Crippen molar-refractivity contribution in [2.45, 2.75) is 26.2 Å². The summed E-state index contributed by atoms with van der Waals surface area (Å²) in [5.74, 6) is -0.0244. The van der Waals surface area contributed by atoms with Crippen LogP contribution < -0.4 is 5.32 Å². The monoisotopic (exact) mass is 333 g/mol. The number of hydrogen-bond donors (Lipinski definition) is 1. The number of aryl methyl sites for hydroxylation is 2. The first-order valence-electron chi connectivity index (χ1n) is 4.75. The zero-order valence-corrected chi connectivity index (χ0v) is 11.8. The molecule has 82 valence electrons. The summed E-state index contributed by atoms with van der Waals surface area (Å²) in [6.45, 7) is 1.53. The fourth-order valence-electron chi connectivity index (χ4n) is 1.88. The van der Waals surface area contributed by atoms with Crippen molar-refractivity contribution in [1.82, 2.24) is 0 Å². The maximum Gasteiger partial charge on any atom is 0.221 e. The van der Waals surface area contributed by atoms with Gasteiger partial charge in [-0.15, -0.1) is 17.0 Å². The van der Waals surface area contributed by atoms with E-state index >= 15 is 0 Å². The van der Waals surface area contributed by atoms with Crippen LogP contribution in [0.15, 0.2) is 16.6 Å². The molecule has 2 rings (SSSR count). The van der Waals surface area contributed by atoms with E-state index in [4.69, 9.17) is 0 Å². The van der Waals surface area contributed by atoms with Crippen LogP contribution in [0.5, 0.6) is 0 Å². The molecule has 1 aliphatic rings. The number of carbonyl (C=O) groups excluding carboxylic acids is 1. The number of nitrogens with one attached hydrogen (secondary N) is 1. The molecule has 1 N–H and O–H groups in total. The Bertz CT molecular complexity index is 390. The summed E-state index contributed by atoms with van der Waals surface area (Å²) in [5, 5.41) is 2.82. The van der Waals surface area contributed by atoms with Crippen molar-refractivity contribution in [3.8, 4) is 0 Å². The molecule has 0 bridgehead atoms. The van der Waals surface area contributed by atoms with Gasteiger partial charge in [-0.25, -0.2) is 0 Å². The highest BCUT2D eigenvalue weighted by molar-refractivity contribution is 9.10. The number of anilines is 1. The Morgan fingerprint density at radius 1 is 1.33 bits per heavy atom. The molecule has 4 heteroatoms. The molecule has 0 spiro atoms. The van der Waals surface area contributed by atoms with Crippen LogP contribution in [0, 0.1) is 0 Å². The van der Waals surface area contributed by atoms with Gasteiger partial charge in [0.2, 0.25) is 5.91 Å². The van der Waals surface area contributed by atoms with Gasteiger partial charge in [0, 0.05) is 11.4 Å². The van der Waals surface area contributed by atoms with Gasteiger partial charge in [-0.2, -0.15) is 0 Å². The first kappa shape index (κ1) is 12.7. The summed E-state index contributed by atoms with van der Waals surface area (Å²) in [7, 11) is 0. The summed E-state index contributed by atoms with van der Waals surface area (Å²) in [5.41, 5.74) is 3.67. The first-order chi connectivity index (χ1) is 6.66. The highest BCUT2D eigenvalue weighted by Crippen LogP contribution is 2.31. The van der Waals surface area contributed by atoms with Gasteiger partial charge in [0.15, 0.2) is 0 Å². The third-order valence-corrected chi connectivity index (χ3v) is 3.15. The third kappa shape index (κ3) is 2.82. The van der Waals surface area contributed by atoms with Crippen molar-refractivity contribution < 1.29 is 4.79 Å². The largest absolute Gasteiger partial charge is 0.325 e. The molecule has 0 saturated heterocycles. The molecular weight excluding hydrogens is 322 g/mol. The van der Waals surface area contributed by atoms with Crippen LogP contribution in [0.25, 0.3) is 0 Å². The van der Waals surface area contributed by atoms with E-state index in [1.807, 2.05) is 0 Å². The molecule has 0 atom stereocenters. The topological polar surface area (TPSA) is 29.1 Å². The molecule has 0 unspecified atom stereocenters. The molecule has 1 aromatic carbocycles. The zero-order valence-electron chi connectivity index (χ0n) is 8.47. The van der Waals surface area contributed by atoms with Gasteiger partial charge in [-0.05, 0) is 58.5 Å². The molecule has 0 aromatic heterocycles. The van der Waals surface area contributed by atoms with Gasteiger partial charge < -0.3 is 5.32 Å². The molecular formula is C11H13Br2NO. The minimum Gasteiger partial charge on any atom is -0.325 e. The van der Waals surface area contributed by atoms with Crippen LogP contribution in [0.3, 0.4) is 0 Å². The minimum absolute atomic E-state index is 0. The van der Waals surface area contributed by atoms with Gasteiger partial charge in [0.1, 0.15) is 0 Å². The highest BCUT2D eigenvalue weighted by atomic mass is 79.9. The van der Waals surface area contributed by atoms with E-state index < -0.39 is 0 Å². The van der Waals surface area contributed by atoms with E-state index in [1.54, 1.807) is 0 Å². The summed E-state index contributed by atoms with van der Waals surface area (Å²) in [6.07, 6.45) is 3.52. The Kier molecular flexibility index (Phi) is 4.34. The fourth-order valence-corrected chi connectivity index (χ4v) is 2.37. The van der Waals surface area contributed by atoms with Crippen LogP contribution in [-0.4, -0.2) is 5.91 Å². The van der Waals surface area contributed by atoms with Gasteiger partial charge in [-0.1, -0.05) is 0 Å². The molecule has 1 amide bonds. The average molecular weight is 335 g/mol. The minimum atomic E-state index is -0.0244. The standard InChI is InChI=1S/C11H12BrNO.BrH/c1-7(14)13-11-6-9-4-2-3-8(9)5-10(11)12;/h5-6H,2-4H2,1H3,(H,13,14);1H. The summed E-state index contributed by atoms with van der Waals surface area (Å²) < 4.78 is 0.980. The molecule has 0 fully saturated rings. The summed E-state index contributed by atoms with van der Waals surface area (Å²) in [4.78, 5) is 10.9. The van der Waals surface area contributed by atoms with E-state index in [0.717, 1.165) is 23.0 Å². The molecule has 0 heterocycles. The molecule has 2 nitrogen and oxygen atoms in total. The van der Waals surface area contributed by atoms with Crippen molar-refractivity contribution >= 4 is 44.5 Å². The number of rotatable bonds is 1. The predicted octanol–water partition coefficient (Wildman–Crippen LogP) is 3.47. The molecule has 1 aromatic rings. The Labute approximate surface area is 108 Å². The molecule has 1 aliphatic carbocycles. The van der Waals surface area contributed by atoms with Crippen molar-refractivity contribution in [2.24, 2.45) is 0 Å². The average Bonchev–Trinajstić information content (AvgIpc) is 2.51. The Balaban J connectivity index is 0.00000112. The van der Waals surface area contributed by atoms with Crippen molar-refractivity contribution in [1.29, 1.82) is 0 Å². The number of fused-ring (bicyclic) bond motifs is 1. The Morgan fingerprint density at radius 2 is 1.93 bits per heavy atom. The second-order valence-electron chi connectivity index (χ2n) is 3.64. The second kappa shape index (κ2) is 5.12. The van der Waals surface area contributed by atoms with E-state index in [1.165, 1.54) is 24.5 Å². The van der Waals surface area contributed by atoms with Crippen LogP contribution in [0.4, 0.5) is 5.69 Å². The predicted molar refractivity (Wildman–Crippen MR) is 70.8 cm³/mol. The number of hydrogen-bond acceptors (Lipinski definition) is 1. The van der Waals surface area contributed by atoms with Gasteiger partial charge in [0.25, 0.3) is 0 Å². The van der Waals surface area contributed by atoms with E-state index in [-0.39, 0.29) is 22.9 Å². The lowest BCUT2D eigenvalue weighted by atomic mass is 10.1. The van der Waals surface area contributed by atoms with Gasteiger partial charge in [-0.3, -0.25) is 4.79 Å². The number of halogens is 2. The maximum atomic E-state index is 10.9. The molecule has 15 heavy (non-hydrogen) atoms. The second-order valence-corrected chi connectivity index (χ2v) is 4.49. The van der Waals surface area contributed by atoms with E-state index in [0.29, 0.717) is 0 Å². The number of carbonyl (C=O) groups is 1. The SMILES string of the molecule is Br.CC(=O)Nc1cc2c(cc1Br)CCC2. The number of benzene rings is 1. The van der Waals surface area contributed by atoms with Crippen LogP contribution >= 0.6 is 32.9 Å². The highest BCUT2D eigenvalue weighted by Gasteiger charge is 2.13. The zero-order chi connectivity index (χ0) is 10.1. The first-order valence-corrected chi connectivity index (χ1v) is 5.55. The van der Waals surface area contributed by atoms with Crippen molar-refractivity contribution in [2.75, 3.05) is 5.32 Å². The van der Waals surface area contributed by atoms with Gasteiger partial charge >= 0.3 is 0 Å². The quantitative estimate of drug-likeness (QED) is 0.837. The molecule has 0 aliphatic heterocycles. The lowest BCUT2D eigenvalue weighted by molar-refractivity contribution is -0.114. The van der Waals surface area contributed by atoms with Crippen molar-refractivity contribution in [3.05, 3.63) is 27.7 Å². The lowest BCUT2D eigenvalue weighted by Gasteiger charge is -2.08. The summed E-state index contributed by atoms with van der Waals surface area (Å²) >= 11 is 3.46. The molecule has 0 radical (unpaired) electrons. The molecule has 0 saturated carbocycles. The third-order valence-electron chi connectivity index (χ3n) is 2.49. The van der Waals surface area contributed by atoms with E-state index in [9.17, 15) is 4.79 Å². The van der Waals surface area contributed by atoms with Crippen molar-refractivity contribution in [3.63, 3.8) is 0 Å². The Hall–Kier alpha value is -0.350. The summed E-state index contributed by atoms with van der Waals surface area (Å²) in [6, 6.07) is 4.20.